The number of hydrogen-bond donors (Lipinski definition) is 2. The van der Waals surface area contributed by atoms with E-state index in [0.717, 1.165) is 0 Å². The molecule has 62 valence electrons. The molecule has 5 heteroatoms. The van der Waals surface area contributed by atoms with Crippen molar-refractivity contribution in [1.29, 1.82) is 0 Å². The second-order valence-electron chi connectivity index (χ2n) is 2.28. The minimum absolute atomic E-state index is 0.200. The second-order valence-corrected chi connectivity index (χ2v) is 2.28. The maximum Gasteiger partial charge on any atom is 0.137 e. The Balaban J connectivity index is 2.23. The van der Waals surface area contributed by atoms with Crippen molar-refractivity contribution in [2.45, 2.75) is 19.1 Å². The molecular weight excluding hydrogens is 146 g/mol. The molecular formula is C6H11N3O2. The number of aromatic nitrogens is 3. The molecule has 0 aliphatic carbocycles. The summed E-state index contributed by atoms with van der Waals surface area (Å²) in [4.78, 5) is 3.73. The summed E-state index contributed by atoms with van der Waals surface area (Å²) in [6.45, 7) is 0.385. The van der Waals surface area contributed by atoms with Crippen LogP contribution in [0.2, 0.25) is 0 Å². The lowest BCUT2D eigenvalue weighted by atomic mass is 10.3. The summed E-state index contributed by atoms with van der Waals surface area (Å²) in [5.41, 5.74) is 0. The smallest absolute Gasteiger partial charge is 0.137 e. The number of rotatable bonds is 4. The van der Waals surface area contributed by atoms with Crippen molar-refractivity contribution < 1.29 is 10.2 Å². The highest BCUT2D eigenvalue weighted by molar-refractivity contribution is 4.58. The number of aryl methyl sites for hydroxylation is 1. The van der Waals surface area contributed by atoms with Gasteiger partial charge in [0.2, 0.25) is 0 Å². The molecule has 0 radical (unpaired) electrons. The molecule has 0 aromatic carbocycles. The zero-order valence-corrected chi connectivity index (χ0v) is 6.09. The first-order valence-electron chi connectivity index (χ1n) is 3.44. The van der Waals surface area contributed by atoms with E-state index in [1.807, 2.05) is 0 Å². The van der Waals surface area contributed by atoms with Crippen molar-refractivity contribution in [3.05, 3.63) is 12.7 Å². The molecule has 11 heavy (non-hydrogen) atoms. The molecule has 0 amide bonds. The van der Waals surface area contributed by atoms with Crippen molar-refractivity contribution in [2.75, 3.05) is 6.61 Å². The van der Waals surface area contributed by atoms with Crippen LogP contribution in [0.1, 0.15) is 6.42 Å². The SMILES string of the molecule is OCC(O)CCn1cncn1. The summed E-state index contributed by atoms with van der Waals surface area (Å²) in [5, 5.41) is 21.2. The molecule has 1 heterocycles. The van der Waals surface area contributed by atoms with Crippen molar-refractivity contribution in [1.82, 2.24) is 14.8 Å². The Bertz CT molecular complexity index is 188. The molecule has 0 saturated carbocycles. The monoisotopic (exact) mass is 157 g/mol. The van der Waals surface area contributed by atoms with Gasteiger partial charge in [0.15, 0.2) is 0 Å². The largest absolute Gasteiger partial charge is 0.394 e. The molecule has 0 spiro atoms. The van der Waals surface area contributed by atoms with Crippen LogP contribution >= 0.6 is 0 Å². The van der Waals surface area contributed by atoms with Crippen LogP contribution in [0.3, 0.4) is 0 Å². The van der Waals surface area contributed by atoms with E-state index < -0.39 is 6.10 Å². The maximum absolute atomic E-state index is 8.95. The van der Waals surface area contributed by atoms with Crippen molar-refractivity contribution in [3.63, 3.8) is 0 Å². The fraction of sp³-hybridized carbons (Fsp3) is 0.667. The Kier molecular flexibility index (Phi) is 3.00. The Labute approximate surface area is 64.3 Å². The van der Waals surface area contributed by atoms with E-state index >= 15 is 0 Å². The molecule has 1 rings (SSSR count). The first-order valence-corrected chi connectivity index (χ1v) is 3.44. The molecule has 1 unspecified atom stereocenters. The van der Waals surface area contributed by atoms with E-state index in [-0.39, 0.29) is 6.61 Å². The first-order chi connectivity index (χ1) is 5.33. The summed E-state index contributed by atoms with van der Waals surface area (Å²) < 4.78 is 1.61. The highest BCUT2D eigenvalue weighted by Crippen LogP contribution is 1.92. The second kappa shape index (κ2) is 4.05. The predicted octanol–water partition coefficient (Wildman–Crippen LogP) is -0.979. The fourth-order valence-electron chi connectivity index (χ4n) is 0.721. The third-order valence-electron chi connectivity index (χ3n) is 1.37. The molecule has 0 saturated heterocycles. The van der Waals surface area contributed by atoms with Gasteiger partial charge in [-0.1, -0.05) is 0 Å². The number of aliphatic hydroxyl groups is 2. The van der Waals surface area contributed by atoms with E-state index in [9.17, 15) is 0 Å². The van der Waals surface area contributed by atoms with Gasteiger partial charge in [-0.25, -0.2) is 4.98 Å². The molecule has 1 aromatic heterocycles. The summed E-state index contributed by atoms with van der Waals surface area (Å²) in [5.74, 6) is 0. The quantitative estimate of drug-likeness (QED) is 0.589. The van der Waals surface area contributed by atoms with E-state index in [1.54, 1.807) is 11.0 Å². The summed E-state index contributed by atoms with van der Waals surface area (Å²) in [6.07, 6.45) is 2.86. The van der Waals surface area contributed by atoms with Crippen LogP contribution in [0.15, 0.2) is 12.7 Å². The van der Waals surface area contributed by atoms with Gasteiger partial charge in [-0.15, -0.1) is 0 Å². The Morgan fingerprint density at radius 2 is 2.36 bits per heavy atom. The van der Waals surface area contributed by atoms with Crippen LogP contribution in [-0.2, 0) is 6.54 Å². The van der Waals surface area contributed by atoms with Crippen molar-refractivity contribution >= 4 is 0 Å². The van der Waals surface area contributed by atoms with Crippen LogP contribution in [0, 0.1) is 0 Å². The van der Waals surface area contributed by atoms with Crippen LogP contribution in [0.5, 0.6) is 0 Å². The van der Waals surface area contributed by atoms with E-state index in [4.69, 9.17) is 10.2 Å². The zero-order chi connectivity index (χ0) is 8.10. The van der Waals surface area contributed by atoms with Crippen LogP contribution in [0.4, 0.5) is 0 Å². The number of nitrogens with zero attached hydrogens (tertiary/aromatic N) is 3. The van der Waals surface area contributed by atoms with E-state index in [2.05, 4.69) is 10.1 Å². The summed E-state index contributed by atoms with van der Waals surface area (Å²) in [6, 6.07) is 0. The van der Waals surface area contributed by atoms with Gasteiger partial charge in [-0.2, -0.15) is 5.10 Å². The summed E-state index contributed by atoms with van der Waals surface area (Å²) in [7, 11) is 0. The Hall–Kier alpha value is -0.940. The minimum Gasteiger partial charge on any atom is -0.394 e. The van der Waals surface area contributed by atoms with E-state index in [0.29, 0.717) is 13.0 Å². The average molecular weight is 157 g/mol. The van der Waals surface area contributed by atoms with Crippen LogP contribution < -0.4 is 0 Å². The van der Waals surface area contributed by atoms with Gasteiger partial charge in [0.05, 0.1) is 12.7 Å². The molecule has 0 fully saturated rings. The van der Waals surface area contributed by atoms with Gasteiger partial charge in [0.25, 0.3) is 0 Å². The van der Waals surface area contributed by atoms with Gasteiger partial charge in [-0.3, -0.25) is 4.68 Å². The third kappa shape index (κ3) is 2.65. The highest BCUT2D eigenvalue weighted by atomic mass is 16.3. The Morgan fingerprint density at radius 3 is 2.91 bits per heavy atom. The normalized spacial score (nSPS) is 13.3. The van der Waals surface area contributed by atoms with Crippen molar-refractivity contribution in [2.24, 2.45) is 0 Å². The summed E-state index contributed by atoms with van der Waals surface area (Å²) >= 11 is 0. The average Bonchev–Trinajstić information content (AvgIpc) is 2.52. The first kappa shape index (κ1) is 8.16. The van der Waals surface area contributed by atoms with Gasteiger partial charge in [0.1, 0.15) is 12.7 Å². The number of aliphatic hydroxyl groups excluding tert-OH is 2. The minimum atomic E-state index is -0.654. The fourth-order valence-corrected chi connectivity index (χ4v) is 0.721. The molecule has 2 N–H and O–H groups in total. The van der Waals surface area contributed by atoms with Gasteiger partial charge >= 0.3 is 0 Å². The lowest BCUT2D eigenvalue weighted by molar-refractivity contribution is 0.0837. The zero-order valence-electron chi connectivity index (χ0n) is 6.09. The van der Waals surface area contributed by atoms with Crippen molar-refractivity contribution in [3.8, 4) is 0 Å². The molecule has 1 aromatic rings. The molecule has 0 aliphatic heterocycles. The molecule has 5 nitrogen and oxygen atoms in total. The standard InChI is InChI=1S/C6H11N3O2/c10-3-6(11)1-2-9-5-7-4-8-9/h4-6,10-11H,1-3H2. The van der Waals surface area contributed by atoms with Gasteiger partial charge in [0, 0.05) is 6.54 Å². The molecule has 0 aliphatic rings. The lowest BCUT2D eigenvalue weighted by Gasteiger charge is -2.05. The molecule has 0 bridgehead atoms. The lowest BCUT2D eigenvalue weighted by Crippen LogP contribution is -2.15. The Morgan fingerprint density at radius 1 is 1.55 bits per heavy atom. The third-order valence-corrected chi connectivity index (χ3v) is 1.37. The van der Waals surface area contributed by atoms with Gasteiger partial charge < -0.3 is 10.2 Å². The highest BCUT2D eigenvalue weighted by Gasteiger charge is 2.01. The van der Waals surface area contributed by atoms with Gasteiger partial charge in [-0.05, 0) is 6.42 Å². The molecule has 1 atom stereocenters. The predicted molar refractivity (Wildman–Crippen MR) is 37.7 cm³/mol. The number of hydrogen-bond acceptors (Lipinski definition) is 4. The van der Waals surface area contributed by atoms with Crippen LogP contribution in [0.25, 0.3) is 0 Å². The maximum atomic E-state index is 8.95. The van der Waals surface area contributed by atoms with E-state index in [1.165, 1.54) is 6.33 Å². The topological polar surface area (TPSA) is 71.2 Å². The van der Waals surface area contributed by atoms with Crippen LogP contribution in [-0.4, -0.2) is 37.7 Å².